The molecule has 4 rings (SSSR count). The first-order valence-electron chi connectivity index (χ1n) is 8.50. The normalized spacial score (nSPS) is 14.4. The number of hydrogen-bond donors (Lipinski definition) is 0. The van der Waals surface area contributed by atoms with Crippen molar-refractivity contribution in [3.63, 3.8) is 0 Å². The number of amides is 2. The van der Waals surface area contributed by atoms with Crippen molar-refractivity contribution in [3.05, 3.63) is 47.7 Å². The molecule has 3 heterocycles. The van der Waals surface area contributed by atoms with Crippen molar-refractivity contribution >= 4 is 23.2 Å². The number of hydrogen-bond acceptors (Lipinski definition) is 7. The molecule has 1 fully saturated rings. The summed E-state index contributed by atoms with van der Waals surface area (Å²) >= 11 is 1.39. The van der Waals surface area contributed by atoms with Crippen LogP contribution in [-0.2, 0) is 11.3 Å². The second-order valence-electron chi connectivity index (χ2n) is 6.08. The molecule has 1 aliphatic rings. The summed E-state index contributed by atoms with van der Waals surface area (Å²) in [4.78, 5) is 33.5. The van der Waals surface area contributed by atoms with E-state index in [-0.39, 0.29) is 18.4 Å². The highest BCUT2D eigenvalue weighted by molar-refractivity contribution is 7.16. The third-order valence-corrected chi connectivity index (χ3v) is 5.38. The monoisotopic (exact) mass is 383 g/mol. The van der Waals surface area contributed by atoms with Gasteiger partial charge >= 0.3 is 0 Å². The van der Waals surface area contributed by atoms with Crippen LogP contribution < -0.4 is 0 Å². The van der Waals surface area contributed by atoms with E-state index in [9.17, 15) is 9.59 Å². The Labute approximate surface area is 159 Å². The largest absolute Gasteiger partial charge is 0.338 e. The van der Waals surface area contributed by atoms with Gasteiger partial charge in [0, 0.05) is 31.7 Å². The Hall–Kier alpha value is -3.14. The van der Waals surface area contributed by atoms with E-state index in [0.29, 0.717) is 31.1 Å². The second-order valence-corrected chi connectivity index (χ2v) is 7.11. The van der Waals surface area contributed by atoms with E-state index in [1.807, 2.05) is 30.3 Å². The van der Waals surface area contributed by atoms with Gasteiger partial charge in [-0.3, -0.25) is 9.59 Å². The molecule has 27 heavy (non-hydrogen) atoms. The zero-order valence-electron chi connectivity index (χ0n) is 14.4. The van der Waals surface area contributed by atoms with Crippen molar-refractivity contribution in [1.82, 2.24) is 35.0 Å². The number of thiazole rings is 1. The molecule has 2 amide bonds. The second kappa shape index (κ2) is 7.62. The zero-order chi connectivity index (χ0) is 18.6. The lowest BCUT2D eigenvalue weighted by molar-refractivity contribution is -0.133. The molecular weight excluding hydrogens is 366 g/mol. The molecule has 1 saturated heterocycles. The van der Waals surface area contributed by atoms with Gasteiger partial charge < -0.3 is 9.80 Å². The molecule has 138 valence electrons. The van der Waals surface area contributed by atoms with Crippen molar-refractivity contribution in [2.45, 2.75) is 6.54 Å². The lowest BCUT2D eigenvalue weighted by Gasteiger charge is -2.34. The Kier molecular flexibility index (Phi) is 4.88. The molecule has 0 N–H and O–H groups in total. The average Bonchev–Trinajstić information content (AvgIpc) is 3.40. The predicted octanol–water partition coefficient (Wildman–Crippen LogP) is 0.781. The van der Waals surface area contributed by atoms with Crippen LogP contribution >= 0.6 is 11.3 Å². The van der Waals surface area contributed by atoms with Crippen LogP contribution in [0.25, 0.3) is 10.6 Å². The first kappa shape index (κ1) is 17.3. The van der Waals surface area contributed by atoms with E-state index in [2.05, 4.69) is 20.5 Å². The molecule has 0 radical (unpaired) electrons. The molecule has 3 aromatic rings. The Morgan fingerprint density at radius 2 is 1.78 bits per heavy atom. The molecule has 1 aliphatic heterocycles. The molecule has 0 bridgehead atoms. The van der Waals surface area contributed by atoms with Gasteiger partial charge in [-0.1, -0.05) is 30.3 Å². The minimum atomic E-state index is -0.0569. The molecule has 0 spiro atoms. The SMILES string of the molecule is O=C(Cn1cnnn1)N1CCN(C(=O)c2cnc(-c3ccccc3)s2)CC1. The van der Waals surface area contributed by atoms with Gasteiger partial charge in [-0.15, -0.1) is 16.4 Å². The number of benzene rings is 1. The summed E-state index contributed by atoms with van der Waals surface area (Å²) in [6.07, 6.45) is 3.04. The molecule has 9 nitrogen and oxygen atoms in total. The van der Waals surface area contributed by atoms with E-state index >= 15 is 0 Å². The zero-order valence-corrected chi connectivity index (χ0v) is 15.2. The Morgan fingerprint density at radius 3 is 2.48 bits per heavy atom. The number of tetrazole rings is 1. The van der Waals surface area contributed by atoms with Gasteiger partial charge in [-0.25, -0.2) is 9.67 Å². The lowest BCUT2D eigenvalue weighted by Crippen LogP contribution is -2.51. The van der Waals surface area contributed by atoms with Crippen molar-refractivity contribution < 1.29 is 9.59 Å². The van der Waals surface area contributed by atoms with Gasteiger partial charge in [0.25, 0.3) is 5.91 Å². The number of aromatic nitrogens is 5. The van der Waals surface area contributed by atoms with Gasteiger partial charge in [0.15, 0.2) is 0 Å². The van der Waals surface area contributed by atoms with E-state index in [1.54, 1.807) is 16.0 Å². The van der Waals surface area contributed by atoms with Gasteiger partial charge in [0.1, 0.15) is 22.8 Å². The topological polar surface area (TPSA) is 97.1 Å². The van der Waals surface area contributed by atoms with Gasteiger partial charge in [-0.2, -0.15) is 0 Å². The molecule has 1 aromatic carbocycles. The fraction of sp³-hybridized carbons (Fsp3) is 0.294. The van der Waals surface area contributed by atoms with Crippen LogP contribution in [0.4, 0.5) is 0 Å². The Bertz CT molecular complexity index is 918. The van der Waals surface area contributed by atoms with Crippen LogP contribution in [0.5, 0.6) is 0 Å². The maximum Gasteiger partial charge on any atom is 0.265 e. The van der Waals surface area contributed by atoms with Crippen molar-refractivity contribution in [2.24, 2.45) is 0 Å². The van der Waals surface area contributed by atoms with Crippen LogP contribution in [0.3, 0.4) is 0 Å². The summed E-state index contributed by atoms with van der Waals surface area (Å²) in [5.41, 5.74) is 1.000. The van der Waals surface area contributed by atoms with Crippen molar-refractivity contribution in [2.75, 3.05) is 26.2 Å². The van der Waals surface area contributed by atoms with Gasteiger partial charge in [0.2, 0.25) is 5.91 Å². The van der Waals surface area contributed by atoms with E-state index in [0.717, 1.165) is 10.6 Å². The first-order valence-corrected chi connectivity index (χ1v) is 9.31. The maximum atomic E-state index is 12.7. The van der Waals surface area contributed by atoms with Crippen LogP contribution in [0.1, 0.15) is 9.67 Å². The van der Waals surface area contributed by atoms with Crippen LogP contribution in [0.15, 0.2) is 42.9 Å². The van der Waals surface area contributed by atoms with Crippen molar-refractivity contribution in [3.8, 4) is 10.6 Å². The maximum absolute atomic E-state index is 12.7. The minimum Gasteiger partial charge on any atom is -0.338 e. The predicted molar refractivity (Wildman–Crippen MR) is 97.9 cm³/mol. The summed E-state index contributed by atoms with van der Waals surface area (Å²) in [7, 11) is 0. The van der Waals surface area contributed by atoms with Gasteiger partial charge in [-0.05, 0) is 10.4 Å². The van der Waals surface area contributed by atoms with Crippen LogP contribution in [0.2, 0.25) is 0 Å². The number of carbonyl (C=O) groups excluding carboxylic acids is 2. The van der Waals surface area contributed by atoms with E-state index in [4.69, 9.17) is 0 Å². The first-order chi connectivity index (χ1) is 13.2. The number of rotatable bonds is 4. The quantitative estimate of drug-likeness (QED) is 0.660. The Morgan fingerprint density at radius 1 is 1.04 bits per heavy atom. The number of carbonyl (C=O) groups is 2. The highest BCUT2D eigenvalue weighted by Gasteiger charge is 2.26. The summed E-state index contributed by atoms with van der Waals surface area (Å²) in [5.74, 6) is -0.0965. The van der Waals surface area contributed by atoms with E-state index < -0.39 is 0 Å². The van der Waals surface area contributed by atoms with Crippen molar-refractivity contribution in [1.29, 1.82) is 0 Å². The fourth-order valence-electron chi connectivity index (χ4n) is 2.89. The smallest absolute Gasteiger partial charge is 0.265 e. The molecular formula is C17H17N7O2S. The highest BCUT2D eigenvalue weighted by atomic mass is 32.1. The molecule has 2 aromatic heterocycles. The summed E-state index contributed by atoms with van der Waals surface area (Å²) in [6, 6.07) is 9.79. The van der Waals surface area contributed by atoms with Gasteiger partial charge in [0.05, 0.1) is 6.20 Å². The minimum absolute atomic E-state index is 0.0396. The summed E-state index contributed by atoms with van der Waals surface area (Å²) < 4.78 is 1.39. The van der Waals surface area contributed by atoms with Crippen LogP contribution in [0, 0.1) is 0 Å². The molecule has 10 heteroatoms. The number of piperazine rings is 1. The lowest BCUT2D eigenvalue weighted by atomic mass is 10.2. The summed E-state index contributed by atoms with van der Waals surface area (Å²) in [6.45, 7) is 2.10. The average molecular weight is 383 g/mol. The standard InChI is InChI=1S/C17H17N7O2S/c25-15(11-24-12-19-20-21-24)22-6-8-23(9-7-22)17(26)14-10-18-16(27-14)13-4-2-1-3-5-13/h1-5,10,12H,6-9,11H2. The third kappa shape index (κ3) is 3.85. The highest BCUT2D eigenvalue weighted by Crippen LogP contribution is 2.25. The molecule has 0 unspecified atom stereocenters. The molecule has 0 atom stereocenters. The molecule has 0 aliphatic carbocycles. The molecule has 0 saturated carbocycles. The van der Waals surface area contributed by atoms with Crippen LogP contribution in [-0.4, -0.2) is 73.0 Å². The third-order valence-electron chi connectivity index (χ3n) is 4.35. The number of nitrogens with zero attached hydrogens (tertiary/aromatic N) is 7. The van der Waals surface area contributed by atoms with E-state index in [1.165, 1.54) is 22.3 Å². The fourth-order valence-corrected chi connectivity index (χ4v) is 3.78. The summed E-state index contributed by atoms with van der Waals surface area (Å²) in [5, 5.41) is 11.6. The Balaban J connectivity index is 1.35.